The van der Waals surface area contributed by atoms with Crippen molar-refractivity contribution >= 4 is 29.3 Å². The number of carbonyl (C=O) groups excluding carboxylic acids is 1. The highest BCUT2D eigenvalue weighted by Gasteiger charge is 2.25. The molecule has 0 saturated heterocycles. The molecular formula is C24H30ClF2N5O. The number of rotatable bonds is 6. The van der Waals surface area contributed by atoms with Crippen molar-refractivity contribution < 1.29 is 13.6 Å². The number of benzene rings is 1. The molecule has 6 nitrogen and oxygen atoms in total. The average molecular weight is 478 g/mol. The summed E-state index contributed by atoms with van der Waals surface area (Å²) in [6.45, 7) is 0.401. The number of fused-ring (bicyclic) bond motifs is 1. The monoisotopic (exact) mass is 477 g/mol. The fourth-order valence-corrected chi connectivity index (χ4v) is 5.00. The minimum atomic E-state index is -0.825. The van der Waals surface area contributed by atoms with Crippen molar-refractivity contribution in [3.8, 4) is 0 Å². The maximum atomic E-state index is 14.0. The topological polar surface area (TPSA) is 70.2 Å². The second-order valence-corrected chi connectivity index (χ2v) is 9.57. The van der Waals surface area contributed by atoms with Gasteiger partial charge in [-0.25, -0.2) is 13.8 Å². The van der Waals surface area contributed by atoms with E-state index in [2.05, 4.69) is 15.5 Å². The molecule has 0 radical (unpaired) electrons. The highest BCUT2D eigenvalue weighted by Crippen LogP contribution is 2.30. The number of nitrogens with one attached hydrogen (secondary N) is 2. The molecule has 2 aromatic rings. The van der Waals surface area contributed by atoms with Crippen LogP contribution < -0.4 is 15.5 Å². The quantitative estimate of drug-likeness (QED) is 0.587. The molecule has 1 aromatic heterocycles. The van der Waals surface area contributed by atoms with Gasteiger partial charge < -0.3 is 15.5 Å². The van der Waals surface area contributed by atoms with E-state index in [9.17, 15) is 13.6 Å². The number of hydrogen-bond donors (Lipinski definition) is 2. The summed E-state index contributed by atoms with van der Waals surface area (Å²) in [5, 5.41) is 5.75. The fraction of sp³-hybridized carbons (Fsp3) is 0.542. The molecule has 2 N–H and O–H groups in total. The van der Waals surface area contributed by atoms with Crippen LogP contribution >= 0.6 is 11.6 Å². The molecule has 1 heterocycles. The summed E-state index contributed by atoms with van der Waals surface area (Å²) in [5.74, 6) is -0.361. The normalized spacial score (nSPS) is 20.2. The number of carbonyl (C=O) groups is 1. The van der Waals surface area contributed by atoms with Crippen LogP contribution in [0, 0.1) is 17.6 Å². The van der Waals surface area contributed by atoms with Gasteiger partial charge in [-0.2, -0.15) is 4.98 Å². The van der Waals surface area contributed by atoms with E-state index in [1.54, 1.807) is 0 Å². The van der Waals surface area contributed by atoms with Crippen LogP contribution in [0.3, 0.4) is 0 Å². The third-order valence-electron chi connectivity index (χ3n) is 6.59. The molecule has 1 amide bonds. The number of hydrogen-bond acceptors (Lipinski definition) is 5. The van der Waals surface area contributed by atoms with Gasteiger partial charge in [0.2, 0.25) is 5.95 Å². The lowest BCUT2D eigenvalue weighted by Crippen LogP contribution is -2.34. The van der Waals surface area contributed by atoms with Crippen molar-refractivity contribution in [2.75, 3.05) is 30.9 Å². The Morgan fingerprint density at radius 1 is 1.09 bits per heavy atom. The maximum absolute atomic E-state index is 14.0. The van der Waals surface area contributed by atoms with Crippen LogP contribution in [-0.2, 0) is 12.8 Å². The molecule has 1 aromatic carbocycles. The molecule has 0 unspecified atom stereocenters. The van der Waals surface area contributed by atoms with Gasteiger partial charge in [-0.3, -0.25) is 4.79 Å². The summed E-state index contributed by atoms with van der Waals surface area (Å²) < 4.78 is 27.6. The van der Waals surface area contributed by atoms with Crippen molar-refractivity contribution in [3.05, 3.63) is 45.6 Å². The van der Waals surface area contributed by atoms with E-state index in [4.69, 9.17) is 21.6 Å². The van der Waals surface area contributed by atoms with E-state index in [1.807, 2.05) is 14.1 Å². The Bertz CT molecular complexity index is 1020. The minimum absolute atomic E-state index is 0.267. The van der Waals surface area contributed by atoms with E-state index < -0.39 is 28.1 Å². The van der Waals surface area contributed by atoms with Gasteiger partial charge in [-0.15, -0.1) is 0 Å². The van der Waals surface area contributed by atoms with Gasteiger partial charge in [0, 0.05) is 32.2 Å². The van der Waals surface area contributed by atoms with Gasteiger partial charge in [0.1, 0.15) is 17.5 Å². The molecule has 33 heavy (non-hydrogen) atoms. The summed E-state index contributed by atoms with van der Waals surface area (Å²) in [6.07, 6.45) is 8.03. The third kappa shape index (κ3) is 5.37. The molecule has 0 bridgehead atoms. The van der Waals surface area contributed by atoms with Crippen molar-refractivity contribution in [3.63, 3.8) is 0 Å². The highest BCUT2D eigenvalue weighted by molar-refractivity contribution is 6.34. The third-order valence-corrected chi connectivity index (χ3v) is 6.96. The lowest BCUT2D eigenvalue weighted by molar-refractivity contribution is 0.0939. The van der Waals surface area contributed by atoms with Gasteiger partial charge >= 0.3 is 0 Å². The Hall–Kier alpha value is -2.48. The Labute approximate surface area is 198 Å². The number of amides is 1. The summed E-state index contributed by atoms with van der Waals surface area (Å²) in [5.41, 5.74) is 1.99. The van der Waals surface area contributed by atoms with Gasteiger partial charge in [0.05, 0.1) is 16.3 Å². The van der Waals surface area contributed by atoms with Gasteiger partial charge in [-0.05, 0) is 69.4 Å². The largest absolute Gasteiger partial charge is 0.362 e. The molecule has 1 saturated carbocycles. The molecule has 178 valence electrons. The Balaban J connectivity index is 1.31. The minimum Gasteiger partial charge on any atom is -0.362 e. The van der Waals surface area contributed by atoms with Gasteiger partial charge in [0.15, 0.2) is 0 Å². The number of nitrogens with zero attached hydrogens (tertiary/aromatic N) is 3. The van der Waals surface area contributed by atoms with Crippen molar-refractivity contribution in [1.82, 2.24) is 15.3 Å². The second kappa shape index (κ2) is 10.2. The number of anilines is 2. The molecular weight excluding hydrogens is 448 g/mol. The zero-order chi connectivity index (χ0) is 23.5. The molecule has 9 heteroatoms. The van der Waals surface area contributed by atoms with Crippen molar-refractivity contribution in [2.45, 2.75) is 57.4 Å². The fourth-order valence-electron chi connectivity index (χ4n) is 4.76. The smallest absolute Gasteiger partial charge is 0.255 e. The number of aryl methyl sites for hydroxylation is 1. The zero-order valence-corrected chi connectivity index (χ0v) is 19.8. The SMILES string of the molecule is CN(C)c1nc(N[C@H]2CC[C@@H](CNC(=O)c3c(F)ccc(F)c3Cl)CC2)nc2c1CCCC2. The van der Waals surface area contributed by atoms with Crippen LogP contribution in [0.2, 0.25) is 5.02 Å². The van der Waals surface area contributed by atoms with Crippen molar-refractivity contribution in [2.24, 2.45) is 5.92 Å². The van der Waals surface area contributed by atoms with Crippen molar-refractivity contribution in [1.29, 1.82) is 0 Å². The molecule has 4 rings (SSSR count). The summed E-state index contributed by atoms with van der Waals surface area (Å²) >= 11 is 5.79. The lowest BCUT2D eigenvalue weighted by atomic mass is 9.86. The first kappa shape index (κ1) is 23.7. The van der Waals surface area contributed by atoms with Gasteiger partial charge in [-0.1, -0.05) is 11.6 Å². The lowest BCUT2D eigenvalue weighted by Gasteiger charge is -2.30. The van der Waals surface area contributed by atoms with E-state index >= 15 is 0 Å². The number of halogens is 3. The molecule has 2 aliphatic carbocycles. The molecule has 1 fully saturated rings. The highest BCUT2D eigenvalue weighted by atomic mass is 35.5. The maximum Gasteiger partial charge on any atom is 0.255 e. The van der Waals surface area contributed by atoms with E-state index in [0.29, 0.717) is 12.5 Å². The Morgan fingerprint density at radius 2 is 1.79 bits per heavy atom. The van der Waals surface area contributed by atoms with E-state index in [-0.39, 0.29) is 12.0 Å². The molecule has 0 spiro atoms. The first-order valence-electron chi connectivity index (χ1n) is 11.6. The Kier molecular flexibility index (Phi) is 7.32. The standard InChI is InChI=1S/C24H30ClF2N5O/c1-32(2)22-16-5-3-4-6-19(16)30-24(31-22)29-15-9-7-14(8-10-15)13-28-23(33)20-17(26)11-12-18(27)21(20)25/h11-12,14-15H,3-10,13H2,1-2H3,(H,28,33)(H,29,30,31)/t14-,15+. The summed E-state index contributed by atoms with van der Waals surface area (Å²) in [4.78, 5) is 24.0. The summed E-state index contributed by atoms with van der Waals surface area (Å²) in [7, 11) is 4.03. The zero-order valence-electron chi connectivity index (χ0n) is 19.1. The first-order chi connectivity index (χ1) is 15.8. The van der Waals surface area contributed by atoms with Crippen LogP contribution in [0.15, 0.2) is 12.1 Å². The van der Waals surface area contributed by atoms with E-state index in [0.717, 1.165) is 68.6 Å². The van der Waals surface area contributed by atoms with Crippen LogP contribution in [0.25, 0.3) is 0 Å². The molecule has 2 aliphatic rings. The molecule has 0 atom stereocenters. The number of aromatic nitrogens is 2. The summed E-state index contributed by atoms with van der Waals surface area (Å²) in [6, 6.07) is 2.09. The average Bonchev–Trinajstić information content (AvgIpc) is 2.80. The second-order valence-electron chi connectivity index (χ2n) is 9.19. The van der Waals surface area contributed by atoms with E-state index in [1.165, 1.54) is 12.0 Å². The van der Waals surface area contributed by atoms with Gasteiger partial charge in [0.25, 0.3) is 5.91 Å². The Morgan fingerprint density at radius 3 is 2.52 bits per heavy atom. The predicted molar refractivity (Wildman–Crippen MR) is 126 cm³/mol. The van der Waals surface area contributed by atoms with Crippen LogP contribution in [0.4, 0.5) is 20.5 Å². The predicted octanol–water partition coefficient (Wildman–Crippen LogP) is 4.75. The van der Waals surface area contributed by atoms with Crippen LogP contribution in [0.5, 0.6) is 0 Å². The first-order valence-corrected chi connectivity index (χ1v) is 12.0. The van der Waals surface area contributed by atoms with Crippen LogP contribution in [-0.4, -0.2) is 42.6 Å². The van der Waals surface area contributed by atoms with Crippen LogP contribution in [0.1, 0.15) is 60.1 Å². The molecule has 0 aliphatic heterocycles.